The molecule has 0 radical (unpaired) electrons. The van der Waals surface area contributed by atoms with E-state index in [2.05, 4.69) is 9.97 Å². The molecule has 0 spiro atoms. The molecule has 6 heteroatoms. The Bertz CT molecular complexity index is 798. The Labute approximate surface area is 125 Å². The summed E-state index contributed by atoms with van der Waals surface area (Å²) in [6, 6.07) is 7.89. The minimum atomic E-state index is -0.376. The molecule has 0 saturated carbocycles. The number of pyridine rings is 1. The van der Waals surface area contributed by atoms with E-state index in [0.717, 1.165) is 5.69 Å². The predicted octanol–water partition coefficient (Wildman–Crippen LogP) is 4.26. The number of aromatic nitrogens is 3. The summed E-state index contributed by atoms with van der Waals surface area (Å²) in [5.41, 5.74) is 2.65. The van der Waals surface area contributed by atoms with Crippen molar-refractivity contribution in [1.82, 2.24) is 14.5 Å². The van der Waals surface area contributed by atoms with Crippen LogP contribution in [-0.4, -0.2) is 14.5 Å². The fourth-order valence-electron chi connectivity index (χ4n) is 2.10. The molecule has 3 rings (SSSR count). The topological polar surface area (TPSA) is 30.7 Å². The Morgan fingerprint density at radius 1 is 1.20 bits per heavy atom. The highest BCUT2D eigenvalue weighted by atomic mass is 35.5. The minimum absolute atomic E-state index is 0.183. The van der Waals surface area contributed by atoms with Crippen molar-refractivity contribution in [2.75, 3.05) is 0 Å². The average molecular weight is 310 g/mol. The van der Waals surface area contributed by atoms with Crippen molar-refractivity contribution in [3.05, 3.63) is 52.7 Å². The number of hydrogen-bond acceptors (Lipinski definition) is 2. The van der Waals surface area contributed by atoms with Gasteiger partial charge in [0.2, 0.25) is 0 Å². The zero-order chi connectivity index (χ0) is 14.3. The van der Waals surface area contributed by atoms with Gasteiger partial charge < -0.3 is 0 Å². The highest BCUT2D eigenvalue weighted by molar-refractivity contribution is 6.32. The molecule has 2 heterocycles. The van der Waals surface area contributed by atoms with Gasteiger partial charge in [0.15, 0.2) is 5.65 Å². The number of alkyl halides is 1. The summed E-state index contributed by atoms with van der Waals surface area (Å²) in [5.74, 6) is 0.383. The molecule has 0 unspecified atom stereocenters. The van der Waals surface area contributed by atoms with Gasteiger partial charge in [-0.1, -0.05) is 11.6 Å². The predicted molar refractivity (Wildman–Crippen MR) is 78.1 cm³/mol. The molecule has 102 valence electrons. The van der Waals surface area contributed by atoms with E-state index in [0.29, 0.717) is 27.7 Å². The summed E-state index contributed by atoms with van der Waals surface area (Å²) in [6.45, 7) is 1.88. The van der Waals surface area contributed by atoms with E-state index in [4.69, 9.17) is 23.2 Å². The summed E-state index contributed by atoms with van der Waals surface area (Å²) in [6.07, 6.45) is 0. The number of benzene rings is 1. The van der Waals surface area contributed by atoms with Crippen molar-refractivity contribution in [2.24, 2.45) is 0 Å². The highest BCUT2D eigenvalue weighted by Gasteiger charge is 2.16. The van der Waals surface area contributed by atoms with E-state index in [1.165, 1.54) is 18.2 Å². The van der Waals surface area contributed by atoms with Gasteiger partial charge in [-0.2, -0.15) is 0 Å². The third-order valence-corrected chi connectivity index (χ3v) is 3.54. The summed E-state index contributed by atoms with van der Waals surface area (Å²) in [4.78, 5) is 8.86. The van der Waals surface area contributed by atoms with Crippen LogP contribution in [0.3, 0.4) is 0 Å². The highest BCUT2D eigenvalue weighted by Crippen LogP contribution is 2.27. The molecule has 1 aromatic carbocycles. The fourth-order valence-corrected chi connectivity index (χ4v) is 2.48. The van der Waals surface area contributed by atoms with Gasteiger partial charge >= 0.3 is 0 Å². The van der Waals surface area contributed by atoms with Gasteiger partial charge in [0.25, 0.3) is 0 Å². The van der Waals surface area contributed by atoms with Crippen molar-refractivity contribution in [3.63, 3.8) is 0 Å². The summed E-state index contributed by atoms with van der Waals surface area (Å²) in [7, 11) is 0. The third kappa shape index (κ3) is 2.15. The van der Waals surface area contributed by atoms with Gasteiger partial charge in [0, 0.05) is 5.69 Å². The molecule has 0 aliphatic rings. The SMILES string of the molecule is Cc1ccc2nc(CCl)n(-c3cc(F)ccc3Cl)c2n1. The lowest BCUT2D eigenvalue weighted by atomic mass is 10.3. The molecular formula is C14H10Cl2FN3. The third-order valence-electron chi connectivity index (χ3n) is 2.98. The first-order chi connectivity index (χ1) is 9.60. The van der Waals surface area contributed by atoms with Crippen molar-refractivity contribution in [2.45, 2.75) is 12.8 Å². The lowest BCUT2D eigenvalue weighted by molar-refractivity contribution is 0.626. The first-order valence-electron chi connectivity index (χ1n) is 5.96. The van der Waals surface area contributed by atoms with Gasteiger partial charge in [0.1, 0.15) is 17.2 Å². The Morgan fingerprint density at radius 2 is 2.00 bits per heavy atom. The molecule has 3 aromatic rings. The maximum Gasteiger partial charge on any atom is 0.165 e. The van der Waals surface area contributed by atoms with Gasteiger partial charge in [-0.15, -0.1) is 11.6 Å². The molecule has 2 aromatic heterocycles. The van der Waals surface area contributed by atoms with Crippen LogP contribution in [0.5, 0.6) is 0 Å². The fraction of sp³-hybridized carbons (Fsp3) is 0.143. The first kappa shape index (κ1) is 13.3. The molecule has 0 fully saturated rings. The van der Waals surface area contributed by atoms with E-state index in [1.54, 1.807) is 4.57 Å². The van der Waals surface area contributed by atoms with Crippen molar-refractivity contribution >= 4 is 34.4 Å². The van der Waals surface area contributed by atoms with Crippen LogP contribution in [0, 0.1) is 12.7 Å². The van der Waals surface area contributed by atoms with Crippen LogP contribution < -0.4 is 0 Å². The Kier molecular flexibility index (Phi) is 3.36. The van der Waals surface area contributed by atoms with Crippen LogP contribution in [0.2, 0.25) is 5.02 Å². The normalized spacial score (nSPS) is 11.2. The second-order valence-corrected chi connectivity index (χ2v) is 5.06. The van der Waals surface area contributed by atoms with Crippen LogP contribution >= 0.6 is 23.2 Å². The molecule has 0 amide bonds. The number of nitrogens with zero attached hydrogens (tertiary/aromatic N) is 3. The number of aryl methyl sites for hydroxylation is 1. The largest absolute Gasteiger partial charge is 0.278 e. The van der Waals surface area contributed by atoms with Crippen molar-refractivity contribution in [1.29, 1.82) is 0 Å². The number of imidazole rings is 1. The van der Waals surface area contributed by atoms with Gasteiger partial charge in [-0.3, -0.25) is 4.57 Å². The summed E-state index contributed by atoms with van der Waals surface area (Å²) >= 11 is 12.1. The maximum atomic E-state index is 13.5. The first-order valence-corrected chi connectivity index (χ1v) is 6.88. The number of rotatable bonds is 2. The molecule has 3 nitrogen and oxygen atoms in total. The maximum absolute atomic E-state index is 13.5. The van der Waals surface area contributed by atoms with Crippen LogP contribution in [0.1, 0.15) is 11.5 Å². The van der Waals surface area contributed by atoms with Crippen LogP contribution in [0.15, 0.2) is 30.3 Å². The number of fused-ring (bicyclic) bond motifs is 1. The average Bonchev–Trinajstić information content (AvgIpc) is 2.79. The second-order valence-electron chi connectivity index (χ2n) is 4.39. The molecular weight excluding hydrogens is 300 g/mol. The molecule has 0 bridgehead atoms. The molecule has 0 atom stereocenters. The van der Waals surface area contributed by atoms with E-state index in [9.17, 15) is 4.39 Å². The van der Waals surface area contributed by atoms with Gasteiger partial charge in [-0.25, -0.2) is 14.4 Å². The smallest absolute Gasteiger partial charge is 0.165 e. The van der Waals surface area contributed by atoms with Crippen LogP contribution in [0.25, 0.3) is 16.9 Å². The molecule has 0 aliphatic heterocycles. The second kappa shape index (κ2) is 5.04. The molecule has 20 heavy (non-hydrogen) atoms. The van der Waals surface area contributed by atoms with Crippen LogP contribution in [-0.2, 0) is 5.88 Å². The monoisotopic (exact) mass is 309 g/mol. The number of hydrogen-bond donors (Lipinski definition) is 0. The lowest BCUT2D eigenvalue weighted by Crippen LogP contribution is -2.02. The zero-order valence-electron chi connectivity index (χ0n) is 10.6. The Hall–Kier alpha value is -1.65. The minimum Gasteiger partial charge on any atom is -0.278 e. The zero-order valence-corrected chi connectivity index (χ0v) is 12.1. The molecule has 0 aliphatic carbocycles. The molecule has 0 N–H and O–H groups in total. The van der Waals surface area contributed by atoms with Crippen LogP contribution in [0.4, 0.5) is 4.39 Å². The van der Waals surface area contributed by atoms with E-state index >= 15 is 0 Å². The molecule has 0 saturated heterocycles. The number of halogens is 3. The quantitative estimate of drug-likeness (QED) is 0.662. The van der Waals surface area contributed by atoms with E-state index in [-0.39, 0.29) is 11.7 Å². The van der Waals surface area contributed by atoms with E-state index < -0.39 is 0 Å². The van der Waals surface area contributed by atoms with Gasteiger partial charge in [-0.05, 0) is 37.3 Å². The summed E-state index contributed by atoms with van der Waals surface area (Å²) in [5, 5.41) is 0.417. The van der Waals surface area contributed by atoms with Gasteiger partial charge in [0.05, 0.1) is 16.6 Å². The lowest BCUT2D eigenvalue weighted by Gasteiger charge is -2.09. The Morgan fingerprint density at radius 3 is 2.75 bits per heavy atom. The summed E-state index contributed by atoms with van der Waals surface area (Å²) < 4.78 is 15.2. The van der Waals surface area contributed by atoms with E-state index in [1.807, 2.05) is 19.1 Å². The van der Waals surface area contributed by atoms with Crippen molar-refractivity contribution < 1.29 is 4.39 Å². The standard InChI is InChI=1S/C14H10Cl2FN3/c1-8-2-5-11-14(18-8)20(13(7-15)19-11)12-6-9(17)3-4-10(12)16/h2-6H,7H2,1H3. The van der Waals surface area contributed by atoms with Crippen molar-refractivity contribution in [3.8, 4) is 5.69 Å². The Balaban J connectivity index is 2.39.